The minimum absolute atomic E-state index is 0.121. The summed E-state index contributed by atoms with van der Waals surface area (Å²) in [5.74, 6) is 0.506. The van der Waals surface area contributed by atoms with E-state index in [1.807, 2.05) is 19.9 Å². The second-order valence-corrected chi connectivity index (χ2v) is 11.1. The molecule has 1 amide bonds. The van der Waals surface area contributed by atoms with E-state index < -0.39 is 10.0 Å². The molecule has 1 saturated heterocycles. The van der Waals surface area contributed by atoms with Crippen LogP contribution in [0.15, 0.2) is 38.4 Å². The number of nitrogens with zero attached hydrogens (tertiary/aromatic N) is 3. The van der Waals surface area contributed by atoms with Crippen LogP contribution in [0, 0.1) is 12.8 Å². The largest absolute Gasteiger partial charge is 0.339 e. The normalized spacial score (nSPS) is 15.7. The van der Waals surface area contributed by atoms with E-state index in [0.29, 0.717) is 47.3 Å². The fourth-order valence-corrected chi connectivity index (χ4v) is 6.45. The highest BCUT2D eigenvalue weighted by Crippen LogP contribution is 2.31. The van der Waals surface area contributed by atoms with Crippen LogP contribution in [0.5, 0.6) is 0 Å². The lowest BCUT2D eigenvalue weighted by Crippen LogP contribution is -2.41. The van der Waals surface area contributed by atoms with Crippen molar-refractivity contribution in [3.63, 3.8) is 0 Å². The average Bonchev–Trinajstić information content (AvgIpc) is 3.46. The number of hydrogen-bond acceptors (Lipinski definition) is 7. The van der Waals surface area contributed by atoms with Gasteiger partial charge in [0, 0.05) is 47.1 Å². The SMILES string of the molecule is CCc1nc(-c2csc(S(=O)(=O)N3CCC(C(=O)Nc4ccc(C)c(Cl)c4)CC3)c2)no1. The molecule has 8 nitrogen and oxygen atoms in total. The number of aromatic nitrogens is 2. The fourth-order valence-electron chi connectivity index (χ4n) is 3.49. The summed E-state index contributed by atoms with van der Waals surface area (Å²) in [5, 5.41) is 9.08. The molecule has 1 N–H and O–H groups in total. The molecule has 2 aromatic heterocycles. The number of nitrogens with one attached hydrogen (secondary N) is 1. The van der Waals surface area contributed by atoms with Crippen LogP contribution in [0.3, 0.4) is 0 Å². The Balaban J connectivity index is 1.39. The number of amides is 1. The van der Waals surface area contributed by atoms with Gasteiger partial charge in [-0.1, -0.05) is 29.7 Å². The highest BCUT2D eigenvalue weighted by molar-refractivity contribution is 7.91. The fraction of sp³-hybridized carbons (Fsp3) is 0.381. The number of thiophene rings is 1. The quantitative estimate of drug-likeness (QED) is 0.545. The molecule has 32 heavy (non-hydrogen) atoms. The molecule has 0 aliphatic carbocycles. The average molecular weight is 495 g/mol. The topological polar surface area (TPSA) is 105 Å². The zero-order chi connectivity index (χ0) is 22.9. The van der Waals surface area contributed by atoms with E-state index in [1.165, 1.54) is 4.31 Å². The van der Waals surface area contributed by atoms with Crippen molar-refractivity contribution in [2.75, 3.05) is 18.4 Å². The van der Waals surface area contributed by atoms with Crippen LogP contribution in [-0.2, 0) is 21.2 Å². The van der Waals surface area contributed by atoms with Gasteiger partial charge in [0.2, 0.25) is 17.6 Å². The van der Waals surface area contributed by atoms with Crippen LogP contribution in [-0.4, -0.2) is 41.9 Å². The lowest BCUT2D eigenvalue weighted by Gasteiger charge is -2.30. The molecule has 3 aromatic rings. The molecule has 0 spiro atoms. The number of rotatable bonds is 6. The molecule has 11 heteroatoms. The third-order valence-electron chi connectivity index (χ3n) is 5.46. The number of aryl methyl sites for hydroxylation is 2. The summed E-state index contributed by atoms with van der Waals surface area (Å²) in [6, 6.07) is 6.94. The summed E-state index contributed by atoms with van der Waals surface area (Å²) in [6.45, 7) is 4.36. The third-order valence-corrected chi connectivity index (χ3v) is 9.18. The second kappa shape index (κ2) is 9.30. The van der Waals surface area contributed by atoms with E-state index in [4.69, 9.17) is 16.1 Å². The highest BCUT2D eigenvalue weighted by Gasteiger charge is 2.33. The summed E-state index contributed by atoms with van der Waals surface area (Å²) >= 11 is 7.25. The zero-order valence-electron chi connectivity index (χ0n) is 17.7. The standard InChI is InChI=1S/C21H23ClN4O4S2/c1-3-18-24-20(25-30-18)15-10-19(31-12-15)32(28,29)26-8-6-14(7-9-26)21(27)23-16-5-4-13(2)17(22)11-16/h4-5,10-12,14H,3,6-9H2,1-2H3,(H,23,27). The Morgan fingerprint density at radius 2 is 2.06 bits per heavy atom. The summed E-state index contributed by atoms with van der Waals surface area (Å²) in [6.07, 6.45) is 1.52. The number of benzene rings is 1. The molecular weight excluding hydrogens is 472 g/mol. The van der Waals surface area contributed by atoms with Gasteiger partial charge in [0.1, 0.15) is 4.21 Å². The number of hydrogen-bond donors (Lipinski definition) is 1. The number of piperidine rings is 1. The molecule has 1 aliphatic rings. The van der Waals surface area contributed by atoms with E-state index in [1.54, 1.807) is 23.6 Å². The number of carbonyl (C=O) groups is 1. The Bertz CT molecular complexity index is 1230. The molecule has 170 valence electrons. The van der Waals surface area contributed by atoms with Gasteiger partial charge in [-0.25, -0.2) is 8.42 Å². The molecular formula is C21H23ClN4O4S2. The Morgan fingerprint density at radius 1 is 1.31 bits per heavy atom. The van der Waals surface area contributed by atoms with Crippen molar-refractivity contribution >= 4 is 44.6 Å². The summed E-state index contributed by atoms with van der Waals surface area (Å²) in [5.41, 5.74) is 2.19. The molecule has 0 atom stereocenters. The van der Waals surface area contributed by atoms with E-state index in [9.17, 15) is 13.2 Å². The predicted molar refractivity (Wildman–Crippen MR) is 123 cm³/mol. The smallest absolute Gasteiger partial charge is 0.252 e. The number of carbonyl (C=O) groups excluding carboxylic acids is 1. The molecule has 0 unspecified atom stereocenters. The number of halogens is 1. The molecule has 1 fully saturated rings. The van der Waals surface area contributed by atoms with E-state index in [0.717, 1.165) is 16.9 Å². The number of sulfonamides is 1. The first kappa shape index (κ1) is 22.9. The maximum absolute atomic E-state index is 13.1. The molecule has 1 aliphatic heterocycles. The first-order valence-electron chi connectivity index (χ1n) is 10.3. The summed E-state index contributed by atoms with van der Waals surface area (Å²) in [4.78, 5) is 16.9. The number of anilines is 1. The molecule has 0 radical (unpaired) electrons. The van der Waals surface area contributed by atoms with Crippen LogP contribution >= 0.6 is 22.9 Å². The van der Waals surface area contributed by atoms with Gasteiger partial charge in [-0.15, -0.1) is 11.3 Å². The van der Waals surface area contributed by atoms with Gasteiger partial charge in [-0.2, -0.15) is 9.29 Å². The van der Waals surface area contributed by atoms with Crippen molar-refractivity contribution in [3.8, 4) is 11.4 Å². The van der Waals surface area contributed by atoms with Gasteiger partial charge >= 0.3 is 0 Å². The van der Waals surface area contributed by atoms with Crippen molar-refractivity contribution in [2.45, 2.75) is 37.3 Å². The van der Waals surface area contributed by atoms with Crippen LogP contribution in [0.2, 0.25) is 5.02 Å². The molecule has 3 heterocycles. The second-order valence-electron chi connectivity index (χ2n) is 7.65. The van der Waals surface area contributed by atoms with Gasteiger partial charge in [-0.3, -0.25) is 4.79 Å². The van der Waals surface area contributed by atoms with Gasteiger partial charge in [-0.05, 0) is 43.5 Å². The summed E-state index contributed by atoms with van der Waals surface area (Å²) in [7, 11) is -3.65. The third kappa shape index (κ3) is 4.73. The Hall–Kier alpha value is -2.27. The van der Waals surface area contributed by atoms with Gasteiger partial charge in [0.25, 0.3) is 10.0 Å². The predicted octanol–water partition coefficient (Wildman–Crippen LogP) is 4.36. The van der Waals surface area contributed by atoms with E-state index in [-0.39, 0.29) is 29.1 Å². The lowest BCUT2D eigenvalue weighted by molar-refractivity contribution is -0.120. The van der Waals surface area contributed by atoms with Gasteiger partial charge in [0.15, 0.2) is 0 Å². The van der Waals surface area contributed by atoms with E-state index >= 15 is 0 Å². The Kier molecular flexibility index (Phi) is 6.66. The Morgan fingerprint density at radius 3 is 2.72 bits per heavy atom. The van der Waals surface area contributed by atoms with Crippen LogP contribution in [0.4, 0.5) is 5.69 Å². The van der Waals surface area contributed by atoms with Crippen molar-refractivity contribution in [1.29, 1.82) is 0 Å². The minimum Gasteiger partial charge on any atom is -0.339 e. The summed E-state index contributed by atoms with van der Waals surface area (Å²) < 4.78 is 32.9. The monoisotopic (exact) mass is 494 g/mol. The Labute approximate surface area is 195 Å². The highest BCUT2D eigenvalue weighted by atomic mass is 35.5. The van der Waals surface area contributed by atoms with E-state index in [2.05, 4.69) is 15.5 Å². The van der Waals surface area contributed by atoms with Crippen molar-refractivity contribution < 1.29 is 17.7 Å². The molecule has 1 aromatic carbocycles. The van der Waals surface area contributed by atoms with Crippen LogP contribution in [0.25, 0.3) is 11.4 Å². The maximum Gasteiger partial charge on any atom is 0.252 e. The van der Waals surface area contributed by atoms with Crippen molar-refractivity contribution in [1.82, 2.24) is 14.4 Å². The first-order valence-corrected chi connectivity index (χ1v) is 13.0. The molecule has 0 saturated carbocycles. The lowest BCUT2D eigenvalue weighted by atomic mass is 9.97. The molecule has 0 bridgehead atoms. The van der Waals surface area contributed by atoms with Gasteiger partial charge < -0.3 is 9.84 Å². The van der Waals surface area contributed by atoms with Crippen LogP contribution in [0.1, 0.15) is 31.2 Å². The zero-order valence-corrected chi connectivity index (χ0v) is 20.1. The maximum atomic E-state index is 13.1. The van der Waals surface area contributed by atoms with Crippen molar-refractivity contribution in [2.24, 2.45) is 5.92 Å². The van der Waals surface area contributed by atoms with Crippen molar-refractivity contribution in [3.05, 3.63) is 46.1 Å². The van der Waals surface area contributed by atoms with Crippen LogP contribution < -0.4 is 5.32 Å². The van der Waals surface area contributed by atoms with Gasteiger partial charge in [0.05, 0.1) is 0 Å². The first-order chi connectivity index (χ1) is 15.3. The minimum atomic E-state index is -3.65. The molecule has 4 rings (SSSR count).